The fraction of sp³-hybridized carbons (Fsp3) is 0.111. The molecule has 1 amide bonds. The van der Waals surface area contributed by atoms with Crippen molar-refractivity contribution in [3.63, 3.8) is 0 Å². The predicted octanol–water partition coefficient (Wildman–Crippen LogP) is 1.98. The third-order valence-corrected chi connectivity index (χ3v) is 3.51. The first kappa shape index (κ1) is 16.2. The van der Waals surface area contributed by atoms with E-state index < -0.39 is 0 Å². The van der Waals surface area contributed by atoms with Crippen LogP contribution in [0.2, 0.25) is 0 Å². The molecule has 0 bridgehead atoms. The van der Waals surface area contributed by atoms with Gasteiger partial charge in [0.05, 0.1) is 11.6 Å². The van der Waals surface area contributed by atoms with Gasteiger partial charge in [0, 0.05) is 37.1 Å². The van der Waals surface area contributed by atoms with Crippen molar-refractivity contribution in [2.45, 2.75) is 0 Å². The van der Waals surface area contributed by atoms with E-state index in [1.807, 2.05) is 41.2 Å². The Balaban J connectivity index is 1.49. The van der Waals surface area contributed by atoms with Crippen LogP contribution in [0.5, 0.6) is 0 Å². The van der Waals surface area contributed by atoms with E-state index in [1.54, 1.807) is 24.3 Å². The van der Waals surface area contributed by atoms with Crippen molar-refractivity contribution in [3.8, 4) is 11.9 Å². The summed E-state index contributed by atoms with van der Waals surface area (Å²) in [5.74, 6) is 1.28. The van der Waals surface area contributed by atoms with E-state index >= 15 is 0 Å². The fourth-order valence-electron chi connectivity index (χ4n) is 2.24. The van der Waals surface area contributed by atoms with Crippen LogP contribution in [-0.2, 0) is 0 Å². The van der Waals surface area contributed by atoms with E-state index in [2.05, 4.69) is 20.6 Å². The number of nitriles is 1. The zero-order valence-corrected chi connectivity index (χ0v) is 13.4. The van der Waals surface area contributed by atoms with Crippen LogP contribution in [0.25, 0.3) is 5.82 Å². The van der Waals surface area contributed by atoms with Crippen LogP contribution in [0.3, 0.4) is 0 Å². The van der Waals surface area contributed by atoms with Gasteiger partial charge in [-0.3, -0.25) is 4.79 Å². The van der Waals surface area contributed by atoms with Gasteiger partial charge < -0.3 is 15.2 Å². The van der Waals surface area contributed by atoms with Gasteiger partial charge in [0.25, 0.3) is 5.91 Å². The molecule has 1 aromatic carbocycles. The fourth-order valence-corrected chi connectivity index (χ4v) is 2.24. The normalized spacial score (nSPS) is 10.0. The molecule has 0 spiro atoms. The average Bonchev–Trinajstić information content (AvgIpc) is 3.20. The van der Waals surface area contributed by atoms with Gasteiger partial charge in [0.15, 0.2) is 0 Å². The van der Waals surface area contributed by atoms with Crippen molar-refractivity contribution >= 4 is 11.7 Å². The Kier molecular flexibility index (Phi) is 5.02. The van der Waals surface area contributed by atoms with Crippen LogP contribution < -0.4 is 10.6 Å². The van der Waals surface area contributed by atoms with E-state index in [1.165, 1.54) is 6.33 Å². The first-order valence-electron chi connectivity index (χ1n) is 7.74. The zero-order chi connectivity index (χ0) is 17.5. The molecule has 2 heterocycles. The number of hydrogen-bond donors (Lipinski definition) is 2. The number of rotatable bonds is 6. The monoisotopic (exact) mass is 332 g/mol. The molecule has 7 nitrogen and oxygen atoms in total. The highest BCUT2D eigenvalue weighted by Gasteiger charge is 2.05. The Morgan fingerprint density at radius 1 is 1.12 bits per heavy atom. The highest BCUT2D eigenvalue weighted by molar-refractivity contribution is 5.94. The smallest absolute Gasteiger partial charge is 0.251 e. The highest BCUT2D eigenvalue weighted by Crippen LogP contribution is 2.08. The Morgan fingerprint density at radius 3 is 2.60 bits per heavy atom. The highest BCUT2D eigenvalue weighted by atomic mass is 16.1. The number of carbonyl (C=O) groups is 1. The molecule has 0 atom stereocenters. The van der Waals surface area contributed by atoms with Gasteiger partial charge in [0.1, 0.15) is 18.0 Å². The van der Waals surface area contributed by atoms with Gasteiger partial charge in [-0.25, -0.2) is 9.97 Å². The summed E-state index contributed by atoms with van der Waals surface area (Å²) in [6, 6.07) is 14.2. The lowest BCUT2D eigenvalue weighted by atomic mass is 10.1. The number of nitrogens with one attached hydrogen (secondary N) is 2. The van der Waals surface area contributed by atoms with Crippen LogP contribution in [-0.4, -0.2) is 33.5 Å². The number of amides is 1. The van der Waals surface area contributed by atoms with E-state index in [4.69, 9.17) is 5.26 Å². The second-order valence-corrected chi connectivity index (χ2v) is 5.22. The minimum Gasteiger partial charge on any atom is -0.368 e. The van der Waals surface area contributed by atoms with Gasteiger partial charge in [-0.1, -0.05) is 0 Å². The molecule has 7 heteroatoms. The summed E-state index contributed by atoms with van der Waals surface area (Å²) < 4.78 is 1.89. The lowest BCUT2D eigenvalue weighted by Gasteiger charge is -2.09. The minimum atomic E-state index is -0.179. The number of hydrogen-bond acceptors (Lipinski definition) is 5. The quantitative estimate of drug-likeness (QED) is 0.673. The summed E-state index contributed by atoms with van der Waals surface area (Å²) in [5.41, 5.74) is 1.05. The SMILES string of the molecule is N#Cc1ccc(C(=O)NCCNc2cc(-n3cccc3)ncn2)cc1. The van der Waals surface area contributed by atoms with Crippen molar-refractivity contribution < 1.29 is 4.79 Å². The molecule has 3 rings (SSSR count). The third-order valence-electron chi connectivity index (χ3n) is 3.51. The largest absolute Gasteiger partial charge is 0.368 e. The van der Waals surface area contributed by atoms with Gasteiger partial charge in [-0.15, -0.1) is 0 Å². The summed E-state index contributed by atoms with van der Waals surface area (Å²) in [6.45, 7) is 0.978. The van der Waals surface area contributed by atoms with E-state index in [-0.39, 0.29) is 5.91 Å². The first-order valence-corrected chi connectivity index (χ1v) is 7.74. The molecule has 3 aromatic rings. The Morgan fingerprint density at radius 2 is 1.88 bits per heavy atom. The van der Waals surface area contributed by atoms with Crippen LogP contribution in [0.15, 0.2) is 61.2 Å². The lowest BCUT2D eigenvalue weighted by molar-refractivity contribution is 0.0955. The van der Waals surface area contributed by atoms with Gasteiger partial charge in [-0.05, 0) is 36.4 Å². The Labute approximate surface area is 145 Å². The molecule has 124 valence electrons. The van der Waals surface area contributed by atoms with Crippen molar-refractivity contribution in [2.24, 2.45) is 0 Å². The van der Waals surface area contributed by atoms with E-state index in [0.717, 1.165) is 5.82 Å². The maximum Gasteiger partial charge on any atom is 0.251 e. The van der Waals surface area contributed by atoms with Crippen LogP contribution >= 0.6 is 0 Å². The summed E-state index contributed by atoms with van der Waals surface area (Å²) >= 11 is 0. The Hall–Kier alpha value is -3.66. The molecule has 0 unspecified atom stereocenters. The number of anilines is 1. The topological polar surface area (TPSA) is 95.6 Å². The first-order chi connectivity index (χ1) is 12.3. The van der Waals surface area contributed by atoms with Crippen molar-refractivity contribution in [1.29, 1.82) is 5.26 Å². The van der Waals surface area contributed by atoms with Crippen molar-refractivity contribution in [1.82, 2.24) is 19.9 Å². The maximum atomic E-state index is 12.0. The number of nitrogens with zero attached hydrogens (tertiary/aromatic N) is 4. The Bertz CT molecular complexity index is 881. The van der Waals surface area contributed by atoms with E-state index in [9.17, 15) is 4.79 Å². The second kappa shape index (κ2) is 7.75. The summed E-state index contributed by atoms with van der Waals surface area (Å²) in [4.78, 5) is 20.4. The molecular formula is C18H16N6O. The third kappa shape index (κ3) is 4.20. The lowest BCUT2D eigenvalue weighted by Crippen LogP contribution is -2.28. The maximum absolute atomic E-state index is 12.0. The second-order valence-electron chi connectivity index (χ2n) is 5.22. The standard InChI is InChI=1S/C18H16N6O/c19-12-14-3-5-15(6-4-14)18(25)21-8-7-20-16-11-17(23-13-22-16)24-9-1-2-10-24/h1-6,9-11,13H,7-8H2,(H,21,25)(H,20,22,23). The molecule has 0 fully saturated rings. The molecule has 2 aromatic heterocycles. The number of benzene rings is 1. The molecular weight excluding hydrogens is 316 g/mol. The molecule has 0 aliphatic carbocycles. The van der Waals surface area contributed by atoms with Crippen LogP contribution in [0.4, 0.5) is 5.82 Å². The van der Waals surface area contributed by atoms with E-state index in [0.29, 0.717) is 30.0 Å². The van der Waals surface area contributed by atoms with Gasteiger partial charge >= 0.3 is 0 Å². The van der Waals surface area contributed by atoms with Crippen LogP contribution in [0.1, 0.15) is 15.9 Å². The molecule has 0 saturated heterocycles. The molecule has 0 saturated carbocycles. The minimum absolute atomic E-state index is 0.179. The zero-order valence-electron chi connectivity index (χ0n) is 13.4. The van der Waals surface area contributed by atoms with Crippen molar-refractivity contribution in [3.05, 3.63) is 72.3 Å². The predicted molar refractivity (Wildman–Crippen MR) is 93.3 cm³/mol. The van der Waals surface area contributed by atoms with Gasteiger partial charge in [0.2, 0.25) is 0 Å². The summed E-state index contributed by atoms with van der Waals surface area (Å²) in [7, 11) is 0. The molecule has 2 N–H and O–H groups in total. The number of carbonyl (C=O) groups excluding carboxylic acids is 1. The average molecular weight is 332 g/mol. The molecule has 0 aliphatic heterocycles. The summed E-state index contributed by atoms with van der Waals surface area (Å²) in [6.07, 6.45) is 5.31. The summed E-state index contributed by atoms with van der Waals surface area (Å²) in [5, 5.41) is 14.7. The van der Waals surface area contributed by atoms with Crippen LogP contribution in [0, 0.1) is 11.3 Å². The molecule has 0 aliphatic rings. The molecule has 25 heavy (non-hydrogen) atoms. The number of aromatic nitrogens is 3. The van der Waals surface area contributed by atoms with Crippen molar-refractivity contribution in [2.75, 3.05) is 18.4 Å². The molecule has 0 radical (unpaired) electrons. The van der Waals surface area contributed by atoms with Gasteiger partial charge in [-0.2, -0.15) is 5.26 Å².